The van der Waals surface area contributed by atoms with Gasteiger partial charge in [-0.1, -0.05) is 78.9 Å². The number of benzene rings is 3. The highest BCUT2D eigenvalue weighted by atomic mass is 16.3. The molecular formula is C25H22N2O3. The van der Waals surface area contributed by atoms with Gasteiger partial charge in [0.05, 0.1) is 6.54 Å². The van der Waals surface area contributed by atoms with Gasteiger partial charge in [-0.25, -0.2) is 0 Å². The predicted molar refractivity (Wildman–Crippen MR) is 117 cm³/mol. The Hall–Kier alpha value is -3.70. The molecule has 1 amide bonds. The van der Waals surface area contributed by atoms with Crippen LogP contribution in [0.15, 0.2) is 95.8 Å². The quantitative estimate of drug-likeness (QED) is 0.466. The Kier molecular flexibility index (Phi) is 5.46. The molecule has 0 fully saturated rings. The molecule has 0 aliphatic rings. The van der Waals surface area contributed by atoms with Crippen LogP contribution in [0.25, 0.3) is 10.8 Å². The number of fused-ring (bicyclic) bond motifs is 1. The number of aromatic amines is 1. The molecular weight excluding hydrogens is 376 g/mol. The van der Waals surface area contributed by atoms with E-state index in [0.717, 1.165) is 5.56 Å². The zero-order valence-corrected chi connectivity index (χ0v) is 16.3. The number of amides is 1. The first-order chi connectivity index (χ1) is 14.5. The van der Waals surface area contributed by atoms with E-state index >= 15 is 0 Å². The standard InChI is InChI=1S/C25H22N2O3/c28-23-21-14-8-7-11-19(21)15-22(27-23)24(29)26-17-25(30,20-12-5-2-6-13-20)16-18-9-3-1-4-10-18/h1-15,30H,16-17H2,(H,26,29)(H,27,28)/t25-/m0/s1. The molecule has 150 valence electrons. The Bertz CT molecular complexity index is 1220. The van der Waals surface area contributed by atoms with Crippen molar-refractivity contribution in [2.24, 2.45) is 0 Å². The average Bonchev–Trinajstić information content (AvgIpc) is 2.79. The predicted octanol–water partition coefficient (Wildman–Crippen LogP) is 3.39. The Morgan fingerprint density at radius 1 is 0.900 bits per heavy atom. The van der Waals surface area contributed by atoms with Crippen molar-refractivity contribution in [2.45, 2.75) is 12.0 Å². The van der Waals surface area contributed by atoms with Crippen molar-refractivity contribution < 1.29 is 9.90 Å². The van der Waals surface area contributed by atoms with E-state index in [4.69, 9.17) is 0 Å². The maximum absolute atomic E-state index is 12.8. The fourth-order valence-electron chi connectivity index (χ4n) is 3.60. The minimum Gasteiger partial charge on any atom is -0.383 e. The van der Waals surface area contributed by atoms with Crippen LogP contribution in [0.4, 0.5) is 0 Å². The molecule has 0 saturated carbocycles. The van der Waals surface area contributed by atoms with Crippen LogP contribution >= 0.6 is 0 Å². The van der Waals surface area contributed by atoms with Crippen LogP contribution in [-0.2, 0) is 12.0 Å². The summed E-state index contributed by atoms with van der Waals surface area (Å²) in [6.07, 6.45) is 0.340. The Labute approximate surface area is 174 Å². The third kappa shape index (κ3) is 4.16. The second-order valence-corrected chi connectivity index (χ2v) is 7.34. The Morgan fingerprint density at radius 2 is 1.53 bits per heavy atom. The molecule has 0 unspecified atom stereocenters. The number of carbonyl (C=O) groups is 1. The molecule has 0 saturated heterocycles. The minimum absolute atomic E-state index is 0.000399. The normalized spacial score (nSPS) is 13.0. The van der Waals surface area contributed by atoms with Crippen LogP contribution in [0, 0.1) is 0 Å². The summed E-state index contributed by atoms with van der Waals surface area (Å²) in [6, 6.07) is 27.6. The fraction of sp³-hybridized carbons (Fsp3) is 0.120. The van der Waals surface area contributed by atoms with Crippen LogP contribution in [0.3, 0.4) is 0 Å². The van der Waals surface area contributed by atoms with Gasteiger partial charge in [-0.15, -0.1) is 0 Å². The van der Waals surface area contributed by atoms with E-state index in [1.807, 2.05) is 66.7 Å². The van der Waals surface area contributed by atoms with Crippen molar-refractivity contribution in [1.29, 1.82) is 0 Å². The highest BCUT2D eigenvalue weighted by Gasteiger charge is 2.30. The molecule has 5 heteroatoms. The van der Waals surface area contributed by atoms with E-state index in [-0.39, 0.29) is 17.8 Å². The molecule has 5 nitrogen and oxygen atoms in total. The maximum atomic E-state index is 12.8. The molecule has 30 heavy (non-hydrogen) atoms. The van der Waals surface area contributed by atoms with E-state index in [1.165, 1.54) is 0 Å². The van der Waals surface area contributed by atoms with E-state index in [0.29, 0.717) is 22.8 Å². The smallest absolute Gasteiger partial charge is 0.267 e. The van der Waals surface area contributed by atoms with Crippen molar-refractivity contribution >= 4 is 16.7 Å². The van der Waals surface area contributed by atoms with Gasteiger partial charge in [-0.3, -0.25) is 9.59 Å². The lowest BCUT2D eigenvalue weighted by Crippen LogP contribution is -2.42. The summed E-state index contributed by atoms with van der Waals surface area (Å²) in [4.78, 5) is 27.7. The summed E-state index contributed by atoms with van der Waals surface area (Å²) in [5, 5.41) is 15.5. The first-order valence-corrected chi connectivity index (χ1v) is 9.77. The van der Waals surface area contributed by atoms with Crippen LogP contribution in [0.1, 0.15) is 21.6 Å². The van der Waals surface area contributed by atoms with Crippen LogP contribution in [0.5, 0.6) is 0 Å². The zero-order chi connectivity index (χ0) is 21.0. The molecule has 0 aliphatic carbocycles. The summed E-state index contributed by atoms with van der Waals surface area (Å²) in [6.45, 7) is -0.000399. The van der Waals surface area contributed by atoms with Crippen molar-refractivity contribution in [1.82, 2.24) is 10.3 Å². The number of carbonyl (C=O) groups excluding carboxylic acids is 1. The van der Waals surface area contributed by atoms with E-state index < -0.39 is 11.5 Å². The summed E-state index contributed by atoms with van der Waals surface area (Å²) in [7, 11) is 0. The van der Waals surface area contributed by atoms with Gasteiger partial charge in [-0.2, -0.15) is 0 Å². The highest BCUT2D eigenvalue weighted by molar-refractivity contribution is 5.96. The number of H-pyrrole nitrogens is 1. The van der Waals surface area contributed by atoms with E-state index in [9.17, 15) is 14.7 Å². The lowest BCUT2D eigenvalue weighted by molar-refractivity contribution is 0.0352. The molecule has 4 aromatic rings. The first-order valence-electron chi connectivity index (χ1n) is 9.77. The molecule has 1 atom stereocenters. The van der Waals surface area contributed by atoms with Crippen molar-refractivity contribution in [3.63, 3.8) is 0 Å². The number of nitrogens with one attached hydrogen (secondary N) is 2. The lowest BCUT2D eigenvalue weighted by Gasteiger charge is -2.29. The third-order valence-electron chi connectivity index (χ3n) is 5.19. The van der Waals surface area contributed by atoms with Crippen molar-refractivity contribution in [3.8, 4) is 0 Å². The molecule has 3 N–H and O–H groups in total. The van der Waals surface area contributed by atoms with Gasteiger partial charge in [-0.05, 0) is 28.6 Å². The summed E-state index contributed by atoms with van der Waals surface area (Å²) in [5.41, 5.74) is 0.211. The molecule has 0 aliphatic heterocycles. The van der Waals surface area contributed by atoms with Gasteiger partial charge in [0.25, 0.3) is 11.5 Å². The van der Waals surface area contributed by atoms with Crippen LogP contribution in [0.2, 0.25) is 0 Å². The van der Waals surface area contributed by atoms with Gasteiger partial charge in [0.15, 0.2) is 0 Å². The minimum atomic E-state index is -1.30. The molecule has 4 rings (SSSR count). The zero-order valence-electron chi connectivity index (χ0n) is 16.3. The average molecular weight is 398 g/mol. The molecule has 0 radical (unpaired) electrons. The van der Waals surface area contributed by atoms with Gasteiger partial charge in [0.2, 0.25) is 0 Å². The van der Waals surface area contributed by atoms with Crippen molar-refractivity contribution in [2.75, 3.05) is 6.54 Å². The van der Waals surface area contributed by atoms with Gasteiger partial charge >= 0.3 is 0 Å². The summed E-state index contributed by atoms with van der Waals surface area (Å²) >= 11 is 0. The van der Waals surface area contributed by atoms with E-state index in [1.54, 1.807) is 24.3 Å². The summed E-state index contributed by atoms with van der Waals surface area (Å²) in [5.74, 6) is -0.444. The third-order valence-corrected chi connectivity index (χ3v) is 5.19. The number of hydrogen-bond donors (Lipinski definition) is 3. The SMILES string of the molecule is O=C(NC[C@@](O)(Cc1ccccc1)c1ccccc1)c1cc2ccccc2c(=O)[nH]1. The molecule has 0 spiro atoms. The second-order valence-electron chi connectivity index (χ2n) is 7.34. The highest BCUT2D eigenvalue weighted by Crippen LogP contribution is 2.25. The molecule has 3 aromatic carbocycles. The van der Waals surface area contributed by atoms with Gasteiger partial charge < -0.3 is 15.4 Å². The number of aromatic nitrogens is 1. The largest absolute Gasteiger partial charge is 0.383 e. The fourth-order valence-corrected chi connectivity index (χ4v) is 3.60. The summed E-state index contributed by atoms with van der Waals surface area (Å²) < 4.78 is 0. The van der Waals surface area contributed by atoms with Crippen molar-refractivity contribution in [3.05, 3.63) is 118 Å². The Balaban J connectivity index is 1.59. The first kappa shape index (κ1) is 19.6. The van der Waals surface area contributed by atoms with Gasteiger partial charge in [0, 0.05) is 11.8 Å². The second kappa shape index (κ2) is 8.35. The van der Waals surface area contributed by atoms with Gasteiger partial charge in [0.1, 0.15) is 11.3 Å². The maximum Gasteiger partial charge on any atom is 0.267 e. The van der Waals surface area contributed by atoms with Crippen LogP contribution in [-0.4, -0.2) is 22.5 Å². The lowest BCUT2D eigenvalue weighted by atomic mass is 9.87. The Morgan fingerprint density at radius 3 is 2.27 bits per heavy atom. The number of pyridine rings is 1. The number of aliphatic hydroxyl groups is 1. The number of hydrogen-bond acceptors (Lipinski definition) is 3. The topological polar surface area (TPSA) is 82.2 Å². The monoisotopic (exact) mass is 398 g/mol. The number of rotatable bonds is 6. The van der Waals surface area contributed by atoms with Crippen LogP contribution < -0.4 is 10.9 Å². The molecule has 1 aromatic heterocycles. The molecule has 0 bridgehead atoms. The molecule has 1 heterocycles. The van der Waals surface area contributed by atoms with E-state index in [2.05, 4.69) is 10.3 Å².